The SMILES string of the molecule is C=C(C)C(=C)[C@H](C(C)C)N1CC[C@@H](CC(=O)O)C[C@H]1c1ccc(C(F)(F)F)cc1. The van der Waals surface area contributed by atoms with Crippen LogP contribution in [-0.2, 0) is 11.0 Å². The Hall–Kier alpha value is -2.08. The van der Waals surface area contributed by atoms with Crippen molar-refractivity contribution in [2.24, 2.45) is 11.8 Å². The summed E-state index contributed by atoms with van der Waals surface area (Å²) in [6.07, 6.45) is -3.00. The van der Waals surface area contributed by atoms with Crippen LogP contribution in [0.1, 0.15) is 57.2 Å². The first kappa shape index (κ1) is 23.2. The first-order valence-electron chi connectivity index (χ1n) is 9.91. The molecule has 1 saturated heterocycles. The molecule has 1 aliphatic rings. The van der Waals surface area contributed by atoms with Gasteiger partial charge in [0.15, 0.2) is 0 Å². The molecule has 0 spiro atoms. The fourth-order valence-electron chi connectivity index (χ4n) is 4.28. The van der Waals surface area contributed by atoms with Gasteiger partial charge in [-0.2, -0.15) is 13.2 Å². The van der Waals surface area contributed by atoms with E-state index in [0.29, 0.717) is 13.0 Å². The van der Waals surface area contributed by atoms with Crippen molar-refractivity contribution in [3.8, 4) is 0 Å². The van der Waals surface area contributed by atoms with Crippen LogP contribution in [0.15, 0.2) is 48.6 Å². The van der Waals surface area contributed by atoms with E-state index < -0.39 is 17.7 Å². The van der Waals surface area contributed by atoms with Crippen molar-refractivity contribution in [1.82, 2.24) is 4.90 Å². The Morgan fingerprint density at radius 3 is 2.28 bits per heavy atom. The lowest BCUT2D eigenvalue weighted by molar-refractivity contribution is -0.139. The van der Waals surface area contributed by atoms with Gasteiger partial charge in [-0.05, 0) is 61.4 Å². The van der Waals surface area contributed by atoms with E-state index in [9.17, 15) is 23.1 Å². The average Bonchev–Trinajstić information content (AvgIpc) is 2.61. The second-order valence-corrected chi connectivity index (χ2v) is 8.36. The lowest BCUT2D eigenvalue weighted by Gasteiger charge is -2.46. The minimum absolute atomic E-state index is 0.00873. The van der Waals surface area contributed by atoms with Crippen molar-refractivity contribution in [1.29, 1.82) is 0 Å². The Kier molecular flexibility index (Phi) is 7.33. The van der Waals surface area contributed by atoms with E-state index in [2.05, 4.69) is 31.9 Å². The van der Waals surface area contributed by atoms with Crippen molar-refractivity contribution in [3.05, 3.63) is 59.7 Å². The van der Waals surface area contributed by atoms with Crippen LogP contribution in [-0.4, -0.2) is 28.6 Å². The zero-order valence-electron chi connectivity index (χ0n) is 17.3. The van der Waals surface area contributed by atoms with Gasteiger partial charge in [-0.1, -0.05) is 44.7 Å². The summed E-state index contributed by atoms with van der Waals surface area (Å²) < 4.78 is 38.9. The molecule has 1 heterocycles. The maximum Gasteiger partial charge on any atom is 0.416 e. The van der Waals surface area contributed by atoms with Gasteiger partial charge < -0.3 is 5.11 Å². The van der Waals surface area contributed by atoms with Crippen LogP contribution in [0, 0.1) is 11.8 Å². The Morgan fingerprint density at radius 1 is 1.24 bits per heavy atom. The number of benzene rings is 1. The summed E-state index contributed by atoms with van der Waals surface area (Å²) in [4.78, 5) is 13.5. The molecule has 1 aromatic carbocycles. The number of carbonyl (C=O) groups is 1. The molecule has 0 unspecified atom stereocenters. The molecule has 1 fully saturated rings. The van der Waals surface area contributed by atoms with Crippen molar-refractivity contribution in [2.75, 3.05) is 6.54 Å². The highest BCUT2D eigenvalue weighted by Gasteiger charge is 2.37. The number of likely N-dealkylation sites (tertiary alicyclic amines) is 1. The van der Waals surface area contributed by atoms with Crippen molar-refractivity contribution in [3.63, 3.8) is 0 Å². The molecule has 0 aromatic heterocycles. The van der Waals surface area contributed by atoms with Crippen LogP contribution in [0.5, 0.6) is 0 Å². The predicted octanol–water partition coefficient (Wildman–Crippen LogP) is 6.09. The van der Waals surface area contributed by atoms with Crippen molar-refractivity contribution in [2.45, 2.75) is 58.3 Å². The second-order valence-electron chi connectivity index (χ2n) is 8.36. The number of piperidine rings is 1. The summed E-state index contributed by atoms with van der Waals surface area (Å²) in [5, 5.41) is 9.21. The number of nitrogens with zero attached hydrogens (tertiary/aromatic N) is 1. The molecular formula is C23H30F3NO2. The van der Waals surface area contributed by atoms with Gasteiger partial charge in [-0.25, -0.2) is 0 Å². The molecule has 1 N–H and O–H groups in total. The Morgan fingerprint density at radius 2 is 1.83 bits per heavy atom. The Bertz CT molecular complexity index is 752. The molecule has 6 heteroatoms. The minimum Gasteiger partial charge on any atom is -0.481 e. The van der Waals surface area contributed by atoms with E-state index in [1.807, 2.05) is 6.92 Å². The Balaban J connectivity index is 2.41. The molecule has 0 saturated carbocycles. The van der Waals surface area contributed by atoms with E-state index in [0.717, 1.165) is 35.3 Å². The first-order chi connectivity index (χ1) is 13.4. The standard InChI is InChI=1S/C23H30F3NO2/c1-14(2)16(5)22(15(3)4)27-11-10-17(13-21(28)29)12-20(27)18-6-8-19(9-7-18)23(24,25)26/h6-9,15,17,20,22H,1,5,10-13H2,2-4H3,(H,28,29)/t17-,20+,22+/m1/s1. The number of carboxylic acids is 1. The average molecular weight is 409 g/mol. The van der Waals surface area contributed by atoms with Crippen LogP contribution in [0.25, 0.3) is 0 Å². The zero-order chi connectivity index (χ0) is 21.9. The van der Waals surface area contributed by atoms with Gasteiger partial charge in [0.25, 0.3) is 0 Å². The molecule has 0 amide bonds. The third-order valence-corrected chi connectivity index (χ3v) is 5.73. The summed E-state index contributed by atoms with van der Waals surface area (Å²) in [7, 11) is 0. The maximum atomic E-state index is 13.0. The molecule has 160 valence electrons. The fourth-order valence-corrected chi connectivity index (χ4v) is 4.28. The highest BCUT2D eigenvalue weighted by molar-refractivity contribution is 5.67. The summed E-state index contributed by atoms with van der Waals surface area (Å²) in [5.74, 6) is -0.629. The molecule has 2 rings (SSSR count). The van der Waals surface area contributed by atoms with E-state index >= 15 is 0 Å². The number of carboxylic acid groups (broad SMARTS) is 1. The van der Waals surface area contributed by atoms with Crippen molar-refractivity contribution < 1.29 is 23.1 Å². The lowest BCUT2D eigenvalue weighted by Crippen LogP contribution is -2.47. The number of hydrogen-bond donors (Lipinski definition) is 1. The fraction of sp³-hybridized carbons (Fsp3) is 0.522. The zero-order valence-corrected chi connectivity index (χ0v) is 17.3. The highest BCUT2D eigenvalue weighted by atomic mass is 19.4. The van der Waals surface area contributed by atoms with Crippen LogP contribution in [0.4, 0.5) is 13.2 Å². The lowest BCUT2D eigenvalue weighted by atomic mass is 9.81. The van der Waals surface area contributed by atoms with E-state index in [-0.39, 0.29) is 30.3 Å². The first-order valence-corrected chi connectivity index (χ1v) is 9.91. The van der Waals surface area contributed by atoms with Gasteiger partial charge in [0.2, 0.25) is 0 Å². The molecule has 1 aliphatic heterocycles. The molecule has 0 aliphatic carbocycles. The van der Waals surface area contributed by atoms with Gasteiger partial charge in [-0.15, -0.1) is 0 Å². The smallest absolute Gasteiger partial charge is 0.416 e. The predicted molar refractivity (Wildman–Crippen MR) is 108 cm³/mol. The van der Waals surface area contributed by atoms with E-state index in [4.69, 9.17) is 0 Å². The third kappa shape index (κ3) is 5.72. The summed E-state index contributed by atoms with van der Waals surface area (Å²) >= 11 is 0. The van der Waals surface area contributed by atoms with E-state index in [1.165, 1.54) is 12.1 Å². The molecule has 0 radical (unpaired) electrons. The minimum atomic E-state index is -4.38. The number of halogens is 3. The molecule has 29 heavy (non-hydrogen) atoms. The molecule has 3 nitrogen and oxygen atoms in total. The third-order valence-electron chi connectivity index (χ3n) is 5.73. The highest BCUT2D eigenvalue weighted by Crippen LogP contribution is 2.41. The maximum absolute atomic E-state index is 13.0. The van der Waals surface area contributed by atoms with Gasteiger partial charge in [0.05, 0.1) is 5.56 Å². The monoisotopic (exact) mass is 409 g/mol. The summed E-state index contributed by atoms with van der Waals surface area (Å²) in [6.45, 7) is 15.0. The van der Waals surface area contributed by atoms with E-state index in [1.54, 1.807) is 0 Å². The van der Waals surface area contributed by atoms with Gasteiger partial charge >= 0.3 is 12.1 Å². The number of rotatable bonds is 7. The molecular weight excluding hydrogens is 379 g/mol. The Labute approximate surface area is 170 Å². The van der Waals surface area contributed by atoms with Gasteiger partial charge in [0, 0.05) is 18.5 Å². The number of alkyl halides is 3. The van der Waals surface area contributed by atoms with Crippen LogP contribution in [0.3, 0.4) is 0 Å². The van der Waals surface area contributed by atoms with Crippen molar-refractivity contribution >= 4 is 5.97 Å². The van der Waals surface area contributed by atoms with Crippen LogP contribution < -0.4 is 0 Å². The van der Waals surface area contributed by atoms with Crippen LogP contribution in [0.2, 0.25) is 0 Å². The molecule has 1 aromatic rings. The van der Waals surface area contributed by atoms with Crippen LogP contribution >= 0.6 is 0 Å². The topological polar surface area (TPSA) is 40.5 Å². The number of hydrogen-bond acceptors (Lipinski definition) is 2. The largest absolute Gasteiger partial charge is 0.481 e. The second kappa shape index (κ2) is 9.16. The molecule has 3 atom stereocenters. The quantitative estimate of drug-likeness (QED) is 0.554. The summed E-state index contributed by atoms with van der Waals surface area (Å²) in [6, 6.07) is 5.07. The van der Waals surface area contributed by atoms with Gasteiger partial charge in [-0.3, -0.25) is 9.69 Å². The van der Waals surface area contributed by atoms with Gasteiger partial charge in [0.1, 0.15) is 0 Å². The normalized spacial score (nSPS) is 21.8. The number of aliphatic carboxylic acids is 1. The molecule has 0 bridgehead atoms. The summed E-state index contributed by atoms with van der Waals surface area (Å²) in [5.41, 5.74) is 1.88.